The molecule has 2 aromatic rings. The van der Waals surface area contributed by atoms with Crippen molar-refractivity contribution < 1.29 is 48.5 Å². The predicted molar refractivity (Wildman–Crippen MR) is 157 cm³/mol. The molecular weight excluding hydrogens is 588 g/mol. The van der Waals surface area contributed by atoms with E-state index in [1.54, 1.807) is 24.3 Å². The Morgan fingerprint density at radius 1 is 1.02 bits per heavy atom. The van der Waals surface area contributed by atoms with Gasteiger partial charge in [-0.05, 0) is 37.1 Å². The van der Waals surface area contributed by atoms with Crippen molar-refractivity contribution in [3.05, 3.63) is 82.6 Å². The molecule has 1 heterocycles. The quantitative estimate of drug-likeness (QED) is 0.110. The highest BCUT2D eigenvalue weighted by atomic mass is 16.6. The van der Waals surface area contributed by atoms with Gasteiger partial charge in [0.05, 0.1) is 12.7 Å². The summed E-state index contributed by atoms with van der Waals surface area (Å²) in [6.07, 6.45) is 0.266. The van der Waals surface area contributed by atoms with Gasteiger partial charge in [0, 0.05) is 60.6 Å². The Morgan fingerprint density at radius 2 is 1.67 bits per heavy atom. The number of hydrogen-bond acceptors (Lipinski definition) is 10. The molecule has 45 heavy (non-hydrogen) atoms. The fraction of sp³-hybridized carbons (Fsp3) is 0.355. The summed E-state index contributed by atoms with van der Waals surface area (Å²) < 4.78 is 11.0. The minimum Gasteiger partial charge on any atom is -0.444 e. The fourth-order valence-corrected chi connectivity index (χ4v) is 5.19. The standard InChI is InChI=1S/C31H34N4O10/c1-32-29(42)35(13-6-14-36)31(16-24(38)25(17-37)45-31)18-44-30(43)34-12-5-4-11-33-28(41)19-9-10-22-23(15-19)27(40)21-8-3-2-7-20(21)26(22)39/h2-3,6-10,13-15,24-25,37-38H,4-5,11-12,16-18H2,1H3,(H,32,42)(H,33,41)(H,34,43)/b13-6-/t24-,25+,31-/m0/s1. The van der Waals surface area contributed by atoms with Gasteiger partial charge in [-0.15, -0.1) is 0 Å². The third-order valence-electron chi connectivity index (χ3n) is 7.47. The second-order valence-corrected chi connectivity index (χ2v) is 10.4. The maximum absolute atomic E-state index is 12.9. The SMILES string of the molecule is CNC(=O)N(/C=C\C=O)[C@@]1(COC(=O)NCCCCNC(=O)c2ccc3c(c2)C(=O)c2ccccc2C3=O)C[C@H](O)[C@@H](CO)O1. The van der Waals surface area contributed by atoms with E-state index < -0.39 is 49.2 Å². The van der Waals surface area contributed by atoms with Crippen LogP contribution in [-0.2, 0) is 14.3 Å². The number of carbonyl (C=O) groups excluding carboxylic acids is 6. The number of hydrogen-bond donors (Lipinski definition) is 5. The summed E-state index contributed by atoms with van der Waals surface area (Å²) in [6, 6.07) is 10.2. The molecule has 0 saturated carbocycles. The van der Waals surface area contributed by atoms with Crippen LogP contribution in [0.4, 0.5) is 9.59 Å². The summed E-state index contributed by atoms with van der Waals surface area (Å²) in [6.45, 7) is -0.615. The number of amides is 4. The Kier molecular flexibility index (Phi) is 10.8. The molecule has 3 atom stereocenters. The average molecular weight is 623 g/mol. The van der Waals surface area contributed by atoms with Gasteiger partial charge in [0.1, 0.15) is 19.0 Å². The third kappa shape index (κ3) is 7.25. The zero-order valence-corrected chi connectivity index (χ0v) is 24.5. The molecular formula is C31H34N4O10. The number of urea groups is 1. The van der Waals surface area contributed by atoms with Crippen LogP contribution in [0.3, 0.4) is 0 Å². The van der Waals surface area contributed by atoms with Crippen molar-refractivity contribution in [3.63, 3.8) is 0 Å². The molecule has 0 aromatic heterocycles. The van der Waals surface area contributed by atoms with Crippen molar-refractivity contribution in [2.45, 2.75) is 37.2 Å². The number of rotatable bonds is 12. The summed E-state index contributed by atoms with van der Waals surface area (Å²) in [5, 5.41) is 27.5. The van der Waals surface area contributed by atoms with E-state index >= 15 is 0 Å². The number of nitrogens with zero attached hydrogens (tertiary/aromatic N) is 1. The van der Waals surface area contributed by atoms with E-state index in [9.17, 15) is 39.0 Å². The van der Waals surface area contributed by atoms with Crippen LogP contribution < -0.4 is 16.0 Å². The van der Waals surface area contributed by atoms with Crippen LogP contribution in [0.2, 0.25) is 0 Å². The van der Waals surface area contributed by atoms with Crippen molar-refractivity contribution in [1.82, 2.24) is 20.9 Å². The lowest BCUT2D eigenvalue weighted by atomic mass is 9.83. The number of carbonyl (C=O) groups is 6. The topological polar surface area (TPSA) is 201 Å². The van der Waals surface area contributed by atoms with Crippen molar-refractivity contribution in [2.75, 3.05) is 33.4 Å². The van der Waals surface area contributed by atoms with E-state index in [0.29, 0.717) is 30.3 Å². The zero-order valence-electron chi connectivity index (χ0n) is 24.5. The molecule has 1 saturated heterocycles. The maximum Gasteiger partial charge on any atom is 0.407 e. The van der Waals surface area contributed by atoms with E-state index in [1.807, 2.05) is 0 Å². The fourth-order valence-electron chi connectivity index (χ4n) is 5.19. The maximum atomic E-state index is 12.9. The number of aliphatic hydroxyl groups is 2. The lowest BCUT2D eigenvalue weighted by Crippen LogP contribution is -2.55. The lowest BCUT2D eigenvalue weighted by Gasteiger charge is -2.37. The van der Waals surface area contributed by atoms with Gasteiger partial charge in [-0.3, -0.25) is 24.1 Å². The zero-order chi connectivity index (χ0) is 32.6. The Balaban J connectivity index is 1.24. The molecule has 0 radical (unpaired) electrons. The largest absolute Gasteiger partial charge is 0.444 e. The minimum atomic E-state index is -1.69. The normalized spacial score (nSPS) is 20.2. The summed E-state index contributed by atoms with van der Waals surface area (Å²) >= 11 is 0. The van der Waals surface area contributed by atoms with Crippen molar-refractivity contribution in [1.29, 1.82) is 0 Å². The number of aldehydes is 1. The molecule has 1 fully saturated rings. The Bertz CT molecular complexity index is 1510. The highest BCUT2D eigenvalue weighted by molar-refractivity contribution is 6.28. The number of unbranched alkanes of at least 4 members (excludes halogenated alkanes) is 1. The highest BCUT2D eigenvalue weighted by Gasteiger charge is 2.52. The van der Waals surface area contributed by atoms with E-state index in [1.165, 1.54) is 25.2 Å². The van der Waals surface area contributed by atoms with Crippen LogP contribution in [-0.4, -0.2) is 102 Å². The number of ether oxygens (including phenoxy) is 2. The van der Waals surface area contributed by atoms with Gasteiger partial charge >= 0.3 is 12.1 Å². The number of benzene rings is 2. The number of allylic oxidation sites excluding steroid dienone is 1. The number of aliphatic hydroxyl groups excluding tert-OH is 2. The molecule has 14 heteroatoms. The Hall–Kier alpha value is -4.92. The molecule has 0 unspecified atom stereocenters. The van der Waals surface area contributed by atoms with Crippen LogP contribution in [0.25, 0.3) is 0 Å². The van der Waals surface area contributed by atoms with Crippen LogP contribution in [0.1, 0.15) is 61.5 Å². The molecule has 4 amide bonds. The second kappa shape index (κ2) is 14.7. The summed E-state index contributed by atoms with van der Waals surface area (Å²) in [7, 11) is 1.35. The van der Waals surface area contributed by atoms with Crippen LogP contribution in [0.15, 0.2) is 54.7 Å². The monoisotopic (exact) mass is 622 g/mol. The number of fused-ring (bicyclic) bond motifs is 2. The number of ketones is 2. The van der Waals surface area contributed by atoms with Crippen molar-refractivity contribution in [2.24, 2.45) is 0 Å². The molecule has 14 nitrogen and oxygen atoms in total. The molecule has 2 aromatic carbocycles. The summed E-state index contributed by atoms with van der Waals surface area (Å²) in [5.74, 6) is -1.00. The van der Waals surface area contributed by atoms with Gasteiger partial charge in [-0.25, -0.2) is 9.59 Å². The lowest BCUT2D eigenvalue weighted by molar-refractivity contribution is -0.147. The van der Waals surface area contributed by atoms with Gasteiger partial charge in [-0.1, -0.05) is 24.3 Å². The molecule has 238 valence electrons. The number of alkyl carbamates (subject to hydrolysis) is 1. The third-order valence-corrected chi connectivity index (χ3v) is 7.47. The first-order chi connectivity index (χ1) is 21.7. The van der Waals surface area contributed by atoms with E-state index in [2.05, 4.69) is 16.0 Å². The van der Waals surface area contributed by atoms with E-state index in [4.69, 9.17) is 9.47 Å². The molecule has 2 aliphatic rings. The first-order valence-corrected chi connectivity index (χ1v) is 14.3. The van der Waals surface area contributed by atoms with Crippen LogP contribution in [0, 0.1) is 0 Å². The molecule has 0 bridgehead atoms. The average Bonchev–Trinajstić information content (AvgIpc) is 3.39. The van der Waals surface area contributed by atoms with E-state index in [0.717, 1.165) is 17.2 Å². The smallest absolute Gasteiger partial charge is 0.407 e. The van der Waals surface area contributed by atoms with Gasteiger partial charge in [0.15, 0.2) is 17.3 Å². The summed E-state index contributed by atoms with van der Waals surface area (Å²) in [5.41, 5.74) is -0.383. The molecule has 1 aliphatic carbocycles. The summed E-state index contributed by atoms with van der Waals surface area (Å²) in [4.78, 5) is 75.2. The first-order valence-electron chi connectivity index (χ1n) is 14.3. The first kappa shape index (κ1) is 33.0. The highest BCUT2D eigenvalue weighted by Crippen LogP contribution is 2.35. The van der Waals surface area contributed by atoms with Gasteiger partial charge in [-0.2, -0.15) is 0 Å². The Labute approximate surface area is 258 Å². The van der Waals surface area contributed by atoms with Gasteiger partial charge in [0.25, 0.3) is 5.91 Å². The molecule has 1 aliphatic heterocycles. The second-order valence-electron chi connectivity index (χ2n) is 10.4. The van der Waals surface area contributed by atoms with Crippen molar-refractivity contribution in [3.8, 4) is 0 Å². The molecule has 5 N–H and O–H groups in total. The van der Waals surface area contributed by atoms with Gasteiger partial charge < -0.3 is 35.6 Å². The van der Waals surface area contributed by atoms with Gasteiger partial charge in [0.2, 0.25) is 0 Å². The Morgan fingerprint density at radius 3 is 2.29 bits per heavy atom. The van der Waals surface area contributed by atoms with E-state index in [-0.39, 0.29) is 47.8 Å². The minimum absolute atomic E-state index is 0.179. The molecule has 4 rings (SSSR count). The molecule has 0 spiro atoms. The van der Waals surface area contributed by atoms with Crippen molar-refractivity contribution >= 4 is 35.9 Å². The van der Waals surface area contributed by atoms with Crippen LogP contribution in [0.5, 0.6) is 0 Å². The predicted octanol–water partition coefficient (Wildman–Crippen LogP) is 0.891. The van der Waals surface area contributed by atoms with Crippen LogP contribution >= 0.6 is 0 Å². The number of nitrogens with one attached hydrogen (secondary N) is 3.